The highest BCUT2D eigenvalue weighted by Gasteiger charge is 2.26. The van der Waals surface area contributed by atoms with Crippen molar-refractivity contribution in [3.8, 4) is 0 Å². The van der Waals surface area contributed by atoms with E-state index in [-0.39, 0.29) is 5.54 Å². The maximum atomic E-state index is 12.1. The molecule has 100 valence electrons. The molecule has 0 radical (unpaired) electrons. The van der Waals surface area contributed by atoms with Gasteiger partial charge in [-0.25, -0.2) is 0 Å². The van der Waals surface area contributed by atoms with Gasteiger partial charge in [-0.1, -0.05) is 48.0 Å². The summed E-state index contributed by atoms with van der Waals surface area (Å²) in [6, 6.07) is 0. The Balaban J connectivity index is 2.33. The molecule has 1 aliphatic carbocycles. The van der Waals surface area contributed by atoms with Crippen molar-refractivity contribution < 1.29 is 4.79 Å². The van der Waals surface area contributed by atoms with Gasteiger partial charge < -0.3 is 4.90 Å². The van der Waals surface area contributed by atoms with Gasteiger partial charge in [0.2, 0.25) is 5.91 Å². The molecule has 1 saturated carbocycles. The predicted octanol–water partition coefficient (Wildman–Crippen LogP) is 3.98. The van der Waals surface area contributed by atoms with E-state index in [0.29, 0.717) is 5.91 Å². The Bertz CT molecular complexity index is 247. The van der Waals surface area contributed by atoms with Crippen molar-refractivity contribution in [2.45, 2.75) is 64.3 Å². The summed E-state index contributed by atoms with van der Waals surface area (Å²) < 4.78 is 0. The molecule has 0 heterocycles. The van der Waals surface area contributed by atoms with Gasteiger partial charge in [0.15, 0.2) is 0 Å². The number of alkyl halides is 1. The average molecular weight is 304 g/mol. The van der Waals surface area contributed by atoms with Gasteiger partial charge in [0.1, 0.15) is 0 Å². The minimum absolute atomic E-state index is 0.0797. The monoisotopic (exact) mass is 303 g/mol. The van der Waals surface area contributed by atoms with Crippen LogP contribution in [0, 0.1) is 5.92 Å². The molecule has 2 nitrogen and oxygen atoms in total. The van der Waals surface area contributed by atoms with Crippen LogP contribution in [-0.2, 0) is 4.79 Å². The highest BCUT2D eigenvalue weighted by molar-refractivity contribution is 9.09. The average Bonchev–Trinajstić information content (AvgIpc) is 2.36. The van der Waals surface area contributed by atoms with E-state index < -0.39 is 0 Å². The van der Waals surface area contributed by atoms with Crippen LogP contribution in [0.15, 0.2) is 0 Å². The van der Waals surface area contributed by atoms with Gasteiger partial charge in [-0.05, 0) is 26.2 Å². The topological polar surface area (TPSA) is 20.3 Å². The van der Waals surface area contributed by atoms with E-state index in [1.54, 1.807) is 0 Å². The second-order valence-electron chi connectivity index (χ2n) is 5.94. The quantitative estimate of drug-likeness (QED) is 0.704. The Kier molecular flexibility index (Phi) is 5.98. The number of rotatable bonds is 5. The fourth-order valence-electron chi connectivity index (χ4n) is 2.40. The maximum Gasteiger partial charge on any atom is 0.222 e. The van der Waals surface area contributed by atoms with Crippen molar-refractivity contribution in [2.24, 2.45) is 5.92 Å². The molecule has 0 bridgehead atoms. The minimum Gasteiger partial charge on any atom is -0.340 e. The van der Waals surface area contributed by atoms with E-state index >= 15 is 0 Å². The zero-order chi connectivity index (χ0) is 12.9. The van der Waals surface area contributed by atoms with Gasteiger partial charge >= 0.3 is 0 Å². The van der Waals surface area contributed by atoms with E-state index in [1.165, 1.54) is 32.1 Å². The summed E-state index contributed by atoms with van der Waals surface area (Å²) in [5, 5.41) is 0.825. The van der Waals surface area contributed by atoms with Crippen LogP contribution in [0.25, 0.3) is 0 Å². The van der Waals surface area contributed by atoms with Gasteiger partial charge in [-0.15, -0.1) is 0 Å². The number of halogens is 1. The highest BCUT2D eigenvalue weighted by atomic mass is 79.9. The van der Waals surface area contributed by atoms with Gasteiger partial charge in [-0.3, -0.25) is 4.79 Å². The van der Waals surface area contributed by atoms with Crippen molar-refractivity contribution in [1.29, 1.82) is 0 Å². The summed E-state index contributed by atoms with van der Waals surface area (Å²) in [7, 11) is 1.92. The molecule has 0 N–H and O–H groups in total. The van der Waals surface area contributed by atoms with Crippen LogP contribution >= 0.6 is 15.9 Å². The Labute approximate surface area is 114 Å². The molecule has 0 atom stereocenters. The molecule has 1 amide bonds. The molecule has 0 aromatic rings. The van der Waals surface area contributed by atoms with Crippen LogP contribution in [0.3, 0.4) is 0 Å². The van der Waals surface area contributed by atoms with Crippen LogP contribution in [0.4, 0.5) is 0 Å². The Morgan fingerprint density at radius 2 is 1.88 bits per heavy atom. The van der Waals surface area contributed by atoms with Gasteiger partial charge in [0.05, 0.1) is 0 Å². The summed E-state index contributed by atoms with van der Waals surface area (Å²) in [5.41, 5.74) is -0.0797. The third-order valence-electron chi connectivity index (χ3n) is 4.10. The summed E-state index contributed by atoms with van der Waals surface area (Å²) in [6.07, 6.45) is 8.58. The van der Waals surface area contributed by atoms with Crippen LogP contribution in [0.2, 0.25) is 0 Å². The lowest BCUT2D eigenvalue weighted by atomic mass is 9.86. The first-order chi connectivity index (χ1) is 7.97. The van der Waals surface area contributed by atoms with Crippen molar-refractivity contribution in [2.75, 3.05) is 12.4 Å². The highest BCUT2D eigenvalue weighted by Crippen LogP contribution is 2.28. The number of hydrogen-bond acceptors (Lipinski definition) is 1. The Morgan fingerprint density at radius 3 is 2.41 bits per heavy atom. The van der Waals surface area contributed by atoms with E-state index in [2.05, 4.69) is 29.8 Å². The summed E-state index contributed by atoms with van der Waals surface area (Å²) in [6.45, 7) is 4.19. The Morgan fingerprint density at radius 1 is 1.29 bits per heavy atom. The second kappa shape index (κ2) is 6.77. The van der Waals surface area contributed by atoms with E-state index in [9.17, 15) is 4.79 Å². The molecule has 0 aliphatic heterocycles. The van der Waals surface area contributed by atoms with Gasteiger partial charge in [0.25, 0.3) is 0 Å². The number of nitrogens with zero attached hydrogens (tertiary/aromatic N) is 1. The summed E-state index contributed by atoms with van der Waals surface area (Å²) >= 11 is 3.47. The fraction of sp³-hybridized carbons (Fsp3) is 0.929. The largest absolute Gasteiger partial charge is 0.340 e. The third kappa shape index (κ3) is 4.61. The molecule has 0 saturated heterocycles. The summed E-state index contributed by atoms with van der Waals surface area (Å²) in [5.74, 6) is 1.09. The number of hydrogen-bond donors (Lipinski definition) is 0. The van der Waals surface area contributed by atoms with Crippen molar-refractivity contribution in [3.05, 3.63) is 0 Å². The predicted molar refractivity (Wildman–Crippen MR) is 76.5 cm³/mol. The van der Waals surface area contributed by atoms with E-state index in [4.69, 9.17) is 0 Å². The first-order valence-corrected chi connectivity index (χ1v) is 7.92. The SMILES string of the molecule is CN(C(=O)CCC1CCCCC1)C(C)(C)CBr. The fourth-order valence-corrected chi connectivity index (χ4v) is 2.77. The molecular formula is C14H26BrNO. The lowest BCUT2D eigenvalue weighted by molar-refractivity contribution is -0.134. The maximum absolute atomic E-state index is 12.1. The first-order valence-electron chi connectivity index (χ1n) is 6.80. The normalized spacial score (nSPS) is 18.1. The molecule has 3 heteroatoms. The lowest BCUT2D eigenvalue weighted by Gasteiger charge is -2.34. The third-order valence-corrected chi connectivity index (χ3v) is 5.47. The molecular weight excluding hydrogens is 278 g/mol. The zero-order valence-corrected chi connectivity index (χ0v) is 13.1. The zero-order valence-electron chi connectivity index (χ0n) is 11.5. The lowest BCUT2D eigenvalue weighted by Crippen LogP contribution is -2.46. The van der Waals surface area contributed by atoms with Crippen LogP contribution in [0.1, 0.15) is 58.8 Å². The number of carbonyl (C=O) groups excluding carboxylic acids is 1. The van der Waals surface area contributed by atoms with E-state index in [1.807, 2.05) is 11.9 Å². The molecule has 0 aromatic carbocycles. The molecule has 0 unspecified atom stereocenters. The molecule has 17 heavy (non-hydrogen) atoms. The Hall–Kier alpha value is -0.0500. The standard InChI is InChI=1S/C14H26BrNO/c1-14(2,11-15)16(3)13(17)10-9-12-7-5-4-6-8-12/h12H,4-11H2,1-3H3. The second-order valence-corrected chi connectivity index (χ2v) is 6.50. The van der Waals surface area contributed by atoms with Crippen molar-refractivity contribution in [3.63, 3.8) is 0 Å². The first kappa shape index (κ1) is 15.0. The van der Waals surface area contributed by atoms with Gasteiger partial charge in [0, 0.05) is 24.3 Å². The molecule has 1 rings (SSSR count). The molecule has 0 spiro atoms. The van der Waals surface area contributed by atoms with E-state index in [0.717, 1.165) is 24.1 Å². The molecule has 1 aliphatic rings. The smallest absolute Gasteiger partial charge is 0.222 e. The minimum atomic E-state index is -0.0797. The van der Waals surface area contributed by atoms with Crippen molar-refractivity contribution in [1.82, 2.24) is 4.90 Å². The summed E-state index contributed by atoms with van der Waals surface area (Å²) in [4.78, 5) is 14.0. The molecule has 1 fully saturated rings. The number of amides is 1. The van der Waals surface area contributed by atoms with Crippen LogP contribution < -0.4 is 0 Å². The van der Waals surface area contributed by atoms with Crippen molar-refractivity contribution >= 4 is 21.8 Å². The van der Waals surface area contributed by atoms with Crippen LogP contribution in [-0.4, -0.2) is 28.7 Å². The number of carbonyl (C=O) groups is 1. The molecule has 0 aromatic heterocycles. The van der Waals surface area contributed by atoms with Gasteiger partial charge in [-0.2, -0.15) is 0 Å². The van der Waals surface area contributed by atoms with Crippen LogP contribution in [0.5, 0.6) is 0 Å².